The number of rotatable bonds is 8. The van der Waals surface area contributed by atoms with Gasteiger partial charge in [0.05, 0.1) is 17.1 Å². The van der Waals surface area contributed by atoms with Gasteiger partial charge in [-0.05, 0) is 67.1 Å². The number of aliphatic imine (C=N–C) groups is 1. The molecule has 1 aliphatic heterocycles. The van der Waals surface area contributed by atoms with E-state index in [1.807, 2.05) is 63.2 Å². The normalized spacial score (nSPS) is 15.1. The van der Waals surface area contributed by atoms with Crippen LogP contribution in [0.25, 0.3) is 17.1 Å². The Labute approximate surface area is 256 Å². The predicted molar refractivity (Wildman–Crippen MR) is 163 cm³/mol. The van der Waals surface area contributed by atoms with Crippen LogP contribution in [0.3, 0.4) is 0 Å². The summed E-state index contributed by atoms with van der Waals surface area (Å²) in [6.45, 7) is 6.28. The summed E-state index contributed by atoms with van der Waals surface area (Å²) < 4.78 is 42.6. The number of aromatic nitrogens is 3. The molecule has 228 valence electrons. The van der Waals surface area contributed by atoms with Crippen molar-refractivity contribution < 1.29 is 27.5 Å². The van der Waals surface area contributed by atoms with Gasteiger partial charge >= 0.3 is 12.4 Å². The van der Waals surface area contributed by atoms with Crippen molar-refractivity contribution in [2.45, 2.75) is 33.6 Å². The zero-order valence-corrected chi connectivity index (χ0v) is 24.9. The summed E-state index contributed by atoms with van der Waals surface area (Å²) in [5.41, 5.74) is 5.00. The van der Waals surface area contributed by atoms with Crippen LogP contribution in [-0.4, -0.2) is 50.5 Å². The highest BCUT2D eigenvalue weighted by Gasteiger charge is 2.32. The standard InChI is InChI=1S/C31H29F3N6O3S/c1-19(16-35-29(42)37-30-40(26(41)17-44-30)27-20(2)5-4-6-21(27)3)15-22-7-9-23(10-8-22)28-36-18-39(38-28)24-11-13-25(14-12-24)43-31(32,33)34/h4-14,18-19H,15-17H2,1-3H3,(H,35,42)/b37-30-. The SMILES string of the molecule is Cc1cccc(C)c1N1C(=O)CS/C1=N\C(=O)NCC(C)Cc1ccc(-c2ncn(-c3ccc(OC(F)(F)F)cc3)n2)cc1. The Morgan fingerprint density at radius 1 is 1.07 bits per heavy atom. The molecule has 1 aliphatic rings. The number of carbonyl (C=O) groups is 2. The van der Waals surface area contributed by atoms with E-state index in [1.165, 1.54) is 51.9 Å². The molecule has 13 heteroatoms. The smallest absolute Gasteiger partial charge is 0.406 e. The van der Waals surface area contributed by atoms with Crippen molar-refractivity contribution in [3.8, 4) is 22.8 Å². The number of anilines is 1. The van der Waals surface area contributed by atoms with Crippen molar-refractivity contribution >= 4 is 34.6 Å². The molecule has 1 fully saturated rings. The molecule has 4 aromatic rings. The fourth-order valence-electron chi connectivity index (χ4n) is 4.80. The van der Waals surface area contributed by atoms with Gasteiger partial charge in [0.1, 0.15) is 12.1 Å². The lowest BCUT2D eigenvalue weighted by Crippen LogP contribution is -2.33. The van der Waals surface area contributed by atoms with Crippen molar-refractivity contribution in [2.75, 3.05) is 17.2 Å². The third-order valence-corrected chi connectivity index (χ3v) is 7.77. The summed E-state index contributed by atoms with van der Waals surface area (Å²) in [7, 11) is 0. The maximum atomic E-state index is 12.7. The highest BCUT2D eigenvalue weighted by molar-refractivity contribution is 8.15. The second kappa shape index (κ2) is 12.9. The summed E-state index contributed by atoms with van der Waals surface area (Å²) in [6, 6.07) is 18.3. The molecular formula is C31H29F3N6O3S. The molecule has 0 saturated carbocycles. The lowest BCUT2D eigenvalue weighted by atomic mass is 10.00. The third kappa shape index (κ3) is 7.46. The fourth-order valence-corrected chi connectivity index (χ4v) is 5.65. The molecule has 1 N–H and O–H groups in total. The molecule has 3 amide bonds. The van der Waals surface area contributed by atoms with Crippen molar-refractivity contribution in [3.05, 3.63) is 89.7 Å². The molecule has 2 heterocycles. The fraction of sp³-hybridized carbons (Fsp3) is 0.258. The number of urea groups is 1. The average Bonchev–Trinajstić information content (AvgIpc) is 3.60. The molecule has 9 nitrogen and oxygen atoms in total. The number of aryl methyl sites for hydroxylation is 2. The lowest BCUT2D eigenvalue weighted by molar-refractivity contribution is -0.274. The first-order chi connectivity index (χ1) is 21.0. The molecule has 1 unspecified atom stereocenters. The number of thioether (sulfide) groups is 1. The van der Waals surface area contributed by atoms with Crippen molar-refractivity contribution in [2.24, 2.45) is 10.9 Å². The van der Waals surface area contributed by atoms with Gasteiger partial charge in [-0.25, -0.2) is 14.5 Å². The molecule has 5 rings (SSSR count). The maximum absolute atomic E-state index is 12.7. The van der Waals surface area contributed by atoms with E-state index in [-0.39, 0.29) is 23.3 Å². The number of benzene rings is 3. The predicted octanol–water partition coefficient (Wildman–Crippen LogP) is 6.47. The topological polar surface area (TPSA) is 102 Å². The van der Waals surface area contributed by atoms with Crippen LogP contribution in [-0.2, 0) is 11.2 Å². The van der Waals surface area contributed by atoms with E-state index in [4.69, 9.17) is 0 Å². The summed E-state index contributed by atoms with van der Waals surface area (Å²) in [5, 5.41) is 7.66. The molecule has 0 spiro atoms. The zero-order chi connectivity index (χ0) is 31.4. The number of ether oxygens (including phenoxy) is 1. The number of amides is 3. The van der Waals surface area contributed by atoms with Crippen molar-refractivity contribution in [3.63, 3.8) is 0 Å². The number of nitrogens with one attached hydrogen (secondary N) is 1. The summed E-state index contributed by atoms with van der Waals surface area (Å²) in [4.78, 5) is 35.3. The second-order valence-electron chi connectivity index (χ2n) is 10.4. The van der Waals surface area contributed by atoms with Gasteiger partial charge in [0, 0.05) is 12.1 Å². The summed E-state index contributed by atoms with van der Waals surface area (Å²) in [5.74, 6) is 0.384. The van der Waals surface area contributed by atoms with E-state index in [9.17, 15) is 22.8 Å². The molecule has 1 saturated heterocycles. The van der Waals surface area contributed by atoms with Crippen LogP contribution in [0, 0.1) is 19.8 Å². The van der Waals surface area contributed by atoms with Gasteiger partial charge in [-0.1, -0.05) is 61.2 Å². The van der Waals surface area contributed by atoms with E-state index >= 15 is 0 Å². The maximum Gasteiger partial charge on any atom is 0.573 e. The number of carbonyl (C=O) groups excluding carboxylic acids is 2. The highest BCUT2D eigenvalue weighted by atomic mass is 32.2. The zero-order valence-electron chi connectivity index (χ0n) is 24.1. The molecule has 44 heavy (non-hydrogen) atoms. The monoisotopic (exact) mass is 622 g/mol. The molecule has 1 atom stereocenters. The number of alkyl halides is 3. The van der Waals surface area contributed by atoms with Gasteiger partial charge in [0.2, 0.25) is 5.91 Å². The minimum Gasteiger partial charge on any atom is -0.406 e. The Bertz CT molecular complexity index is 1670. The van der Waals surface area contributed by atoms with E-state index in [1.54, 1.807) is 0 Å². The van der Waals surface area contributed by atoms with Crippen LogP contribution >= 0.6 is 11.8 Å². The summed E-state index contributed by atoms with van der Waals surface area (Å²) >= 11 is 1.25. The first kappa shape index (κ1) is 30.8. The van der Waals surface area contributed by atoms with Crippen LogP contribution in [0.15, 0.2) is 78.0 Å². The molecule has 1 aromatic heterocycles. The first-order valence-corrected chi connectivity index (χ1v) is 14.7. The quantitative estimate of drug-likeness (QED) is 0.242. The van der Waals surface area contributed by atoms with Crippen molar-refractivity contribution in [1.29, 1.82) is 0 Å². The Hall–Kier alpha value is -4.65. The van der Waals surface area contributed by atoms with Crippen LogP contribution in [0.5, 0.6) is 5.75 Å². The van der Waals surface area contributed by atoms with Crippen LogP contribution < -0.4 is 15.0 Å². The van der Waals surface area contributed by atoms with Gasteiger partial charge in [-0.15, -0.1) is 18.3 Å². The number of halogens is 3. The number of para-hydroxylation sites is 1. The van der Waals surface area contributed by atoms with E-state index in [0.29, 0.717) is 29.6 Å². The highest BCUT2D eigenvalue weighted by Crippen LogP contribution is 2.32. The average molecular weight is 623 g/mol. The third-order valence-electron chi connectivity index (χ3n) is 6.85. The van der Waals surface area contributed by atoms with Gasteiger partial charge in [-0.2, -0.15) is 4.99 Å². The number of hydrogen-bond donors (Lipinski definition) is 1. The van der Waals surface area contributed by atoms with E-state index < -0.39 is 12.4 Å². The molecular weight excluding hydrogens is 593 g/mol. The molecule has 0 bridgehead atoms. The summed E-state index contributed by atoms with van der Waals surface area (Å²) in [6.07, 6.45) is -2.57. The van der Waals surface area contributed by atoms with Gasteiger partial charge in [-0.3, -0.25) is 9.69 Å². The Balaban J connectivity index is 1.15. The van der Waals surface area contributed by atoms with Crippen LogP contribution in [0.1, 0.15) is 23.6 Å². The van der Waals surface area contributed by atoms with E-state index in [2.05, 4.69) is 25.1 Å². The molecule has 3 aromatic carbocycles. The number of amidine groups is 1. The number of hydrogen-bond acceptors (Lipinski definition) is 6. The van der Waals surface area contributed by atoms with E-state index in [0.717, 1.165) is 27.9 Å². The lowest BCUT2D eigenvalue weighted by Gasteiger charge is -2.20. The first-order valence-electron chi connectivity index (χ1n) is 13.7. The van der Waals surface area contributed by atoms with Crippen LogP contribution in [0.4, 0.5) is 23.7 Å². The van der Waals surface area contributed by atoms with Gasteiger partial charge in [0.25, 0.3) is 0 Å². The van der Waals surface area contributed by atoms with Crippen LogP contribution in [0.2, 0.25) is 0 Å². The Kier molecular flexibility index (Phi) is 9.04. The Morgan fingerprint density at radius 2 is 1.75 bits per heavy atom. The minimum absolute atomic E-state index is 0.105. The van der Waals surface area contributed by atoms with Crippen molar-refractivity contribution in [1.82, 2.24) is 20.1 Å². The molecule has 0 radical (unpaired) electrons. The largest absolute Gasteiger partial charge is 0.573 e. The van der Waals surface area contributed by atoms with Gasteiger partial charge in [0.15, 0.2) is 11.0 Å². The van der Waals surface area contributed by atoms with Gasteiger partial charge < -0.3 is 10.1 Å². The Morgan fingerprint density at radius 3 is 2.41 bits per heavy atom. The second-order valence-corrected chi connectivity index (χ2v) is 11.3. The molecule has 0 aliphatic carbocycles. The number of nitrogens with zero attached hydrogens (tertiary/aromatic N) is 5. The minimum atomic E-state index is -4.75.